The lowest BCUT2D eigenvalue weighted by atomic mass is 10.1. The van der Waals surface area contributed by atoms with Crippen LogP contribution in [0.4, 0.5) is 0 Å². The Kier molecular flexibility index (Phi) is 6.60. The Morgan fingerprint density at radius 3 is 2.38 bits per heavy atom. The largest absolute Gasteiger partial charge is 0.383 e. The van der Waals surface area contributed by atoms with E-state index in [1.807, 2.05) is 18.7 Å². The number of hydrogen-bond acceptors (Lipinski definition) is 4. The highest BCUT2D eigenvalue weighted by atomic mass is 16.5. The first-order valence-corrected chi connectivity index (χ1v) is 8.75. The van der Waals surface area contributed by atoms with Gasteiger partial charge in [-0.3, -0.25) is 14.4 Å². The predicted octanol–water partition coefficient (Wildman–Crippen LogP) is 0.198. The van der Waals surface area contributed by atoms with Crippen molar-refractivity contribution in [1.29, 1.82) is 0 Å². The standard InChI is InChI=1S/C17H29N3O4/c1-13(2)10-15(21)18-4-6-19(7-5-18)17(23)14-11-16(22)20(12-14)8-9-24-3/h13-14H,4-12H2,1-3H3. The van der Waals surface area contributed by atoms with Gasteiger partial charge in [-0.05, 0) is 5.92 Å². The number of hydrogen-bond donors (Lipinski definition) is 0. The maximum Gasteiger partial charge on any atom is 0.228 e. The molecule has 7 nitrogen and oxygen atoms in total. The van der Waals surface area contributed by atoms with Crippen molar-refractivity contribution in [2.75, 3.05) is 53.0 Å². The van der Waals surface area contributed by atoms with Crippen molar-refractivity contribution >= 4 is 17.7 Å². The van der Waals surface area contributed by atoms with E-state index in [4.69, 9.17) is 4.74 Å². The van der Waals surface area contributed by atoms with Gasteiger partial charge in [-0.2, -0.15) is 0 Å². The summed E-state index contributed by atoms with van der Waals surface area (Å²) in [5, 5.41) is 0. The Bertz CT molecular complexity index is 472. The second-order valence-corrected chi connectivity index (χ2v) is 7.04. The molecule has 2 rings (SSSR count). The second kappa shape index (κ2) is 8.46. The zero-order valence-electron chi connectivity index (χ0n) is 15.0. The second-order valence-electron chi connectivity index (χ2n) is 7.04. The van der Waals surface area contributed by atoms with Crippen LogP contribution < -0.4 is 0 Å². The maximum atomic E-state index is 12.6. The lowest BCUT2D eigenvalue weighted by molar-refractivity contribution is -0.142. The summed E-state index contributed by atoms with van der Waals surface area (Å²) in [5.41, 5.74) is 0. The Hall–Kier alpha value is -1.63. The van der Waals surface area contributed by atoms with Gasteiger partial charge >= 0.3 is 0 Å². The van der Waals surface area contributed by atoms with E-state index in [0.717, 1.165) is 0 Å². The van der Waals surface area contributed by atoms with E-state index in [2.05, 4.69) is 0 Å². The first-order chi connectivity index (χ1) is 11.4. The molecular weight excluding hydrogens is 310 g/mol. The van der Waals surface area contributed by atoms with Crippen molar-refractivity contribution in [3.05, 3.63) is 0 Å². The molecule has 2 fully saturated rings. The van der Waals surface area contributed by atoms with Gasteiger partial charge in [0.2, 0.25) is 17.7 Å². The Morgan fingerprint density at radius 2 is 1.79 bits per heavy atom. The van der Waals surface area contributed by atoms with E-state index in [1.54, 1.807) is 16.9 Å². The van der Waals surface area contributed by atoms with Crippen LogP contribution in [0.25, 0.3) is 0 Å². The van der Waals surface area contributed by atoms with Crippen LogP contribution in [0, 0.1) is 11.8 Å². The molecular formula is C17H29N3O4. The monoisotopic (exact) mass is 339 g/mol. The fraction of sp³-hybridized carbons (Fsp3) is 0.824. The van der Waals surface area contributed by atoms with Gasteiger partial charge in [-0.1, -0.05) is 13.8 Å². The third kappa shape index (κ3) is 4.69. The number of amides is 3. The van der Waals surface area contributed by atoms with Crippen LogP contribution in [0.15, 0.2) is 0 Å². The molecule has 1 atom stereocenters. The molecule has 0 aliphatic carbocycles. The van der Waals surface area contributed by atoms with Gasteiger partial charge in [0.15, 0.2) is 0 Å². The first kappa shape index (κ1) is 18.7. The van der Waals surface area contributed by atoms with Crippen LogP contribution in [-0.4, -0.2) is 85.4 Å². The quantitative estimate of drug-likeness (QED) is 0.693. The van der Waals surface area contributed by atoms with Crippen LogP contribution in [0.2, 0.25) is 0 Å². The lowest BCUT2D eigenvalue weighted by Gasteiger charge is -2.36. The highest BCUT2D eigenvalue weighted by Crippen LogP contribution is 2.21. The van der Waals surface area contributed by atoms with Gasteiger partial charge in [0.1, 0.15) is 0 Å². The summed E-state index contributed by atoms with van der Waals surface area (Å²) in [5.74, 6) is 0.321. The molecule has 0 N–H and O–H groups in total. The summed E-state index contributed by atoms with van der Waals surface area (Å²) in [6, 6.07) is 0. The molecule has 2 aliphatic heterocycles. The molecule has 3 amide bonds. The van der Waals surface area contributed by atoms with Gasteiger partial charge in [0, 0.05) is 59.2 Å². The van der Waals surface area contributed by atoms with E-state index >= 15 is 0 Å². The lowest BCUT2D eigenvalue weighted by Crippen LogP contribution is -2.52. The fourth-order valence-electron chi connectivity index (χ4n) is 3.27. The van der Waals surface area contributed by atoms with Crippen molar-refractivity contribution in [2.24, 2.45) is 11.8 Å². The van der Waals surface area contributed by atoms with Crippen LogP contribution in [-0.2, 0) is 19.1 Å². The van der Waals surface area contributed by atoms with Crippen molar-refractivity contribution < 1.29 is 19.1 Å². The molecule has 0 aromatic heterocycles. The van der Waals surface area contributed by atoms with Gasteiger partial charge in [-0.15, -0.1) is 0 Å². The van der Waals surface area contributed by atoms with Gasteiger partial charge in [0.25, 0.3) is 0 Å². The van der Waals surface area contributed by atoms with E-state index in [-0.39, 0.29) is 30.1 Å². The van der Waals surface area contributed by atoms with E-state index in [1.165, 1.54) is 0 Å². The summed E-state index contributed by atoms with van der Waals surface area (Å²) in [4.78, 5) is 42.0. The average Bonchev–Trinajstić information content (AvgIpc) is 2.92. The zero-order chi connectivity index (χ0) is 17.7. The topological polar surface area (TPSA) is 70.2 Å². The summed E-state index contributed by atoms with van der Waals surface area (Å²) < 4.78 is 5.00. The molecule has 24 heavy (non-hydrogen) atoms. The number of rotatable bonds is 6. The number of ether oxygens (including phenoxy) is 1. The van der Waals surface area contributed by atoms with E-state index in [0.29, 0.717) is 58.2 Å². The molecule has 0 aromatic rings. The maximum absolute atomic E-state index is 12.6. The molecule has 1 unspecified atom stereocenters. The third-order valence-corrected chi connectivity index (χ3v) is 4.66. The van der Waals surface area contributed by atoms with Crippen molar-refractivity contribution in [3.8, 4) is 0 Å². The third-order valence-electron chi connectivity index (χ3n) is 4.66. The molecule has 7 heteroatoms. The molecule has 2 aliphatic rings. The zero-order valence-corrected chi connectivity index (χ0v) is 15.0. The average molecular weight is 339 g/mol. The summed E-state index contributed by atoms with van der Waals surface area (Å²) in [6.07, 6.45) is 0.842. The van der Waals surface area contributed by atoms with Crippen molar-refractivity contribution in [2.45, 2.75) is 26.7 Å². The highest BCUT2D eigenvalue weighted by molar-refractivity contribution is 5.89. The minimum absolute atomic E-state index is 0.0242. The molecule has 0 saturated carbocycles. The molecule has 0 aromatic carbocycles. The molecule has 136 valence electrons. The van der Waals surface area contributed by atoms with Crippen LogP contribution >= 0.6 is 0 Å². The number of likely N-dealkylation sites (tertiary alicyclic amines) is 1. The predicted molar refractivity (Wildman–Crippen MR) is 89.2 cm³/mol. The Labute approximate surface area is 143 Å². The smallest absolute Gasteiger partial charge is 0.228 e. The number of piperazine rings is 1. The fourth-order valence-corrected chi connectivity index (χ4v) is 3.27. The van der Waals surface area contributed by atoms with Gasteiger partial charge in [0.05, 0.1) is 12.5 Å². The van der Waals surface area contributed by atoms with Crippen molar-refractivity contribution in [1.82, 2.24) is 14.7 Å². The Morgan fingerprint density at radius 1 is 1.17 bits per heavy atom. The first-order valence-electron chi connectivity index (χ1n) is 8.75. The minimum atomic E-state index is -0.257. The SMILES string of the molecule is COCCN1CC(C(=O)N2CCN(C(=O)CC(C)C)CC2)CC1=O. The van der Waals surface area contributed by atoms with E-state index < -0.39 is 0 Å². The van der Waals surface area contributed by atoms with Crippen LogP contribution in [0.5, 0.6) is 0 Å². The molecule has 0 bridgehead atoms. The molecule has 0 radical (unpaired) electrons. The normalized spacial score (nSPS) is 21.8. The number of carbonyl (C=O) groups excluding carboxylic acids is 3. The molecule has 2 saturated heterocycles. The van der Waals surface area contributed by atoms with E-state index in [9.17, 15) is 14.4 Å². The molecule has 0 spiro atoms. The minimum Gasteiger partial charge on any atom is -0.383 e. The summed E-state index contributed by atoms with van der Waals surface area (Å²) in [6.45, 7) is 7.87. The van der Waals surface area contributed by atoms with Gasteiger partial charge in [-0.25, -0.2) is 0 Å². The van der Waals surface area contributed by atoms with Crippen LogP contribution in [0.3, 0.4) is 0 Å². The van der Waals surface area contributed by atoms with Gasteiger partial charge < -0.3 is 19.4 Å². The number of methoxy groups -OCH3 is 1. The summed E-state index contributed by atoms with van der Waals surface area (Å²) in [7, 11) is 1.60. The number of nitrogens with zero attached hydrogens (tertiary/aromatic N) is 3. The highest BCUT2D eigenvalue weighted by Gasteiger charge is 2.37. The Balaban J connectivity index is 1.81. The number of carbonyl (C=O) groups is 3. The van der Waals surface area contributed by atoms with Crippen molar-refractivity contribution in [3.63, 3.8) is 0 Å². The van der Waals surface area contributed by atoms with Crippen LogP contribution in [0.1, 0.15) is 26.7 Å². The molecule has 2 heterocycles. The summed E-state index contributed by atoms with van der Waals surface area (Å²) >= 11 is 0.